The van der Waals surface area contributed by atoms with Crippen LogP contribution in [0.15, 0.2) is 12.7 Å². The predicted octanol–water partition coefficient (Wildman–Crippen LogP) is 1.94. The standard InChI is InChI=1S/C14H24N2O/c1-2-3-6-14(17)16(13-7-8-13)11-12-5-4-9-15-10-12/h2,12-13,15H,1,3-11H2. The number of nitrogens with zero attached hydrogens (tertiary/aromatic N) is 1. The fourth-order valence-corrected chi connectivity index (χ4v) is 2.57. The van der Waals surface area contributed by atoms with E-state index in [0.29, 0.717) is 24.3 Å². The SMILES string of the molecule is C=CCCC(=O)N(CC1CCCNC1)C1CC1. The van der Waals surface area contributed by atoms with Gasteiger partial charge in [0.25, 0.3) is 0 Å². The monoisotopic (exact) mass is 236 g/mol. The van der Waals surface area contributed by atoms with Gasteiger partial charge >= 0.3 is 0 Å². The Morgan fingerprint density at radius 3 is 2.82 bits per heavy atom. The molecule has 17 heavy (non-hydrogen) atoms. The van der Waals surface area contributed by atoms with E-state index in [-0.39, 0.29) is 0 Å². The van der Waals surface area contributed by atoms with Crippen molar-refractivity contribution < 1.29 is 4.79 Å². The third-order valence-corrected chi connectivity index (χ3v) is 3.72. The van der Waals surface area contributed by atoms with Crippen molar-refractivity contribution in [1.29, 1.82) is 0 Å². The summed E-state index contributed by atoms with van der Waals surface area (Å²) in [5.74, 6) is 0.995. The molecule has 96 valence electrons. The maximum atomic E-state index is 12.1. The van der Waals surface area contributed by atoms with E-state index >= 15 is 0 Å². The smallest absolute Gasteiger partial charge is 0.223 e. The van der Waals surface area contributed by atoms with Gasteiger partial charge in [-0.1, -0.05) is 6.08 Å². The first-order chi connectivity index (χ1) is 8.31. The summed E-state index contributed by atoms with van der Waals surface area (Å²) in [5, 5.41) is 3.43. The molecule has 0 aromatic heterocycles. The molecule has 1 heterocycles. The zero-order valence-corrected chi connectivity index (χ0v) is 10.7. The van der Waals surface area contributed by atoms with Crippen LogP contribution in [0.2, 0.25) is 0 Å². The van der Waals surface area contributed by atoms with Crippen LogP contribution in [0.4, 0.5) is 0 Å². The Hall–Kier alpha value is -0.830. The summed E-state index contributed by atoms with van der Waals surface area (Å²) in [5.41, 5.74) is 0. The van der Waals surface area contributed by atoms with Gasteiger partial charge in [-0.15, -0.1) is 6.58 Å². The first-order valence-electron chi connectivity index (χ1n) is 6.92. The van der Waals surface area contributed by atoms with Crippen LogP contribution in [0.25, 0.3) is 0 Å². The molecule has 0 aromatic carbocycles. The van der Waals surface area contributed by atoms with E-state index in [1.807, 2.05) is 6.08 Å². The van der Waals surface area contributed by atoms with E-state index in [2.05, 4.69) is 16.8 Å². The van der Waals surface area contributed by atoms with Crippen molar-refractivity contribution in [3.8, 4) is 0 Å². The van der Waals surface area contributed by atoms with E-state index in [4.69, 9.17) is 0 Å². The van der Waals surface area contributed by atoms with Gasteiger partial charge in [-0.25, -0.2) is 0 Å². The maximum Gasteiger partial charge on any atom is 0.223 e. The number of hydrogen-bond acceptors (Lipinski definition) is 2. The van der Waals surface area contributed by atoms with Crippen LogP contribution in [-0.2, 0) is 4.79 Å². The zero-order valence-electron chi connectivity index (χ0n) is 10.7. The molecule has 1 saturated heterocycles. The normalized spacial score (nSPS) is 24.4. The van der Waals surface area contributed by atoms with Gasteiger partial charge in [-0.2, -0.15) is 0 Å². The summed E-state index contributed by atoms with van der Waals surface area (Å²) in [7, 11) is 0. The zero-order chi connectivity index (χ0) is 12.1. The molecule has 1 amide bonds. The van der Waals surface area contributed by atoms with E-state index < -0.39 is 0 Å². The van der Waals surface area contributed by atoms with Crippen LogP contribution < -0.4 is 5.32 Å². The fraction of sp³-hybridized carbons (Fsp3) is 0.786. The molecule has 3 heteroatoms. The number of nitrogens with one attached hydrogen (secondary N) is 1. The Kier molecular flexibility index (Phi) is 4.60. The Labute approximate surface area is 104 Å². The maximum absolute atomic E-state index is 12.1. The van der Waals surface area contributed by atoms with Gasteiger partial charge < -0.3 is 10.2 Å². The lowest BCUT2D eigenvalue weighted by Gasteiger charge is -2.30. The molecule has 3 nitrogen and oxygen atoms in total. The highest BCUT2D eigenvalue weighted by Crippen LogP contribution is 2.29. The quantitative estimate of drug-likeness (QED) is 0.715. The Morgan fingerprint density at radius 1 is 1.41 bits per heavy atom. The summed E-state index contributed by atoms with van der Waals surface area (Å²) in [6.45, 7) is 6.88. The second kappa shape index (κ2) is 6.20. The molecule has 2 fully saturated rings. The molecule has 0 bridgehead atoms. The molecule has 1 atom stereocenters. The highest BCUT2D eigenvalue weighted by Gasteiger charge is 2.33. The van der Waals surface area contributed by atoms with Gasteiger partial charge in [0.05, 0.1) is 0 Å². The van der Waals surface area contributed by atoms with Crippen LogP contribution in [0.1, 0.15) is 38.5 Å². The molecule has 2 rings (SSSR count). The molecular formula is C14H24N2O. The number of carbonyl (C=O) groups is 1. The third kappa shape index (κ3) is 3.84. The van der Waals surface area contributed by atoms with E-state index in [1.165, 1.54) is 25.7 Å². The number of hydrogen-bond donors (Lipinski definition) is 1. The Bertz CT molecular complexity index is 267. The molecule has 0 radical (unpaired) electrons. The molecule has 0 aromatic rings. The van der Waals surface area contributed by atoms with Gasteiger partial charge in [0.15, 0.2) is 0 Å². The predicted molar refractivity (Wildman–Crippen MR) is 69.8 cm³/mol. The van der Waals surface area contributed by atoms with Crippen LogP contribution in [-0.4, -0.2) is 36.5 Å². The fourth-order valence-electron chi connectivity index (χ4n) is 2.57. The molecule has 1 N–H and O–H groups in total. The highest BCUT2D eigenvalue weighted by atomic mass is 16.2. The van der Waals surface area contributed by atoms with E-state index in [9.17, 15) is 4.79 Å². The lowest BCUT2D eigenvalue weighted by molar-refractivity contribution is -0.132. The molecule has 1 aliphatic carbocycles. The van der Waals surface area contributed by atoms with E-state index in [0.717, 1.165) is 26.1 Å². The van der Waals surface area contributed by atoms with Crippen molar-refractivity contribution in [2.24, 2.45) is 5.92 Å². The largest absolute Gasteiger partial charge is 0.339 e. The third-order valence-electron chi connectivity index (χ3n) is 3.72. The van der Waals surface area contributed by atoms with Gasteiger partial charge in [-0.05, 0) is 51.1 Å². The molecule has 1 saturated carbocycles. The van der Waals surface area contributed by atoms with Crippen molar-refractivity contribution in [3.05, 3.63) is 12.7 Å². The van der Waals surface area contributed by atoms with Crippen molar-refractivity contribution >= 4 is 5.91 Å². The Morgan fingerprint density at radius 2 is 2.24 bits per heavy atom. The first-order valence-corrected chi connectivity index (χ1v) is 6.92. The summed E-state index contributed by atoms with van der Waals surface area (Å²) in [6, 6.07) is 0.550. The van der Waals surface area contributed by atoms with Crippen molar-refractivity contribution in [2.75, 3.05) is 19.6 Å². The summed E-state index contributed by atoms with van der Waals surface area (Å²) < 4.78 is 0. The molecule has 1 aliphatic heterocycles. The number of amides is 1. The topological polar surface area (TPSA) is 32.3 Å². The Balaban J connectivity index is 1.83. The molecule has 0 spiro atoms. The van der Waals surface area contributed by atoms with Crippen molar-refractivity contribution in [2.45, 2.75) is 44.6 Å². The second-order valence-corrected chi connectivity index (χ2v) is 5.32. The number of allylic oxidation sites excluding steroid dienone is 1. The summed E-state index contributed by atoms with van der Waals surface area (Å²) in [6.07, 6.45) is 8.23. The van der Waals surface area contributed by atoms with Crippen LogP contribution in [0.3, 0.4) is 0 Å². The minimum atomic E-state index is 0.331. The van der Waals surface area contributed by atoms with Crippen LogP contribution in [0.5, 0.6) is 0 Å². The first kappa shape index (κ1) is 12.6. The van der Waals surface area contributed by atoms with Crippen molar-refractivity contribution in [3.63, 3.8) is 0 Å². The second-order valence-electron chi connectivity index (χ2n) is 5.32. The molecule has 2 aliphatic rings. The number of carbonyl (C=O) groups excluding carboxylic acids is 1. The van der Waals surface area contributed by atoms with Gasteiger partial charge in [-0.3, -0.25) is 4.79 Å². The van der Waals surface area contributed by atoms with Crippen molar-refractivity contribution in [1.82, 2.24) is 10.2 Å². The molecular weight excluding hydrogens is 212 g/mol. The minimum Gasteiger partial charge on any atom is -0.339 e. The summed E-state index contributed by atoms with van der Waals surface area (Å²) in [4.78, 5) is 14.3. The highest BCUT2D eigenvalue weighted by molar-refractivity contribution is 5.77. The van der Waals surface area contributed by atoms with Crippen LogP contribution in [0, 0.1) is 5.92 Å². The molecule has 1 unspecified atom stereocenters. The number of piperidine rings is 1. The van der Waals surface area contributed by atoms with Gasteiger partial charge in [0, 0.05) is 19.0 Å². The summed E-state index contributed by atoms with van der Waals surface area (Å²) >= 11 is 0. The number of rotatable bonds is 6. The lowest BCUT2D eigenvalue weighted by atomic mass is 9.99. The van der Waals surface area contributed by atoms with Gasteiger partial charge in [0.1, 0.15) is 0 Å². The van der Waals surface area contributed by atoms with E-state index in [1.54, 1.807) is 0 Å². The average molecular weight is 236 g/mol. The average Bonchev–Trinajstić information content (AvgIpc) is 3.18. The van der Waals surface area contributed by atoms with Gasteiger partial charge in [0.2, 0.25) is 5.91 Å². The lowest BCUT2D eigenvalue weighted by Crippen LogP contribution is -2.42. The minimum absolute atomic E-state index is 0.331. The van der Waals surface area contributed by atoms with Crippen LogP contribution >= 0.6 is 0 Å².